The summed E-state index contributed by atoms with van der Waals surface area (Å²) in [5, 5.41) is 9.37. The van der Waals surface area contributed by atoms with Crippen LogP contribution in [0, 0.1) is 39.9 Å². The molecule has 4 N–H and O–H groups in total. The summed E-state index contributed by atoms with van der Waals surface area (Å²) >= 11 is -0.204. The number of quaternary nitrogens is 1. The van der Waals surface area contributed by atoms with Crippen molar-refractivity contribution < 1.29 is 58.2 Å². The van der Waals surface area contributed by atoms with Gasteiger partial charge in [-0.15, -0.1) is 0 Å². The predicted molar refractivity (Wildman–Crippen MR) is 25.6 cm³/mol. The molecule has 0 bridgehead atoms. The Morgan fingerprint density at radius 1 is 1.44 bits per heavy atom. The van der Waals surface area contributed by atoms with Crippen molar-refractivity contribution in [3.05, 3.63) is 0 Å². The molecule has 0 atom stereocenters. The van der Waals surface area contributed by atoms with Gasteiger partial charge in [0.05, 0.1) is 0 Å². The SMILES string of the molecule is O=C([O-])C(=O)[O][GaH2].[Gd].[NH4+]. The van der Waals surface area contributed by atoms with Gasteiger partial charge in [-0.1, -0.05) is 0 Å². The zero-order valence-electron chi connectivity index (χ0n) is 4.99. The van der Waals surface area contributed by atoms with E-state index in [1.165, 1.54) is 0 Å². The van der Waals surface area contributed by atoms with Crippen LogP contribution in [0.5, 0.6) is 0 Å². The molecule has 0 spiro atoms. The molecule has 0 saturated heterocycles. The number of rotatable bonds is 0. The first-order valence-electron chi connectivity index (χ1n) is 1.47. The number of hydrogen-bond acceptors (Lipinski definition) is 4. The third kappa shape index (κ3) is 8.86. The second-order valence-corrected chi connectivity index (χ2v) is 1.64. The van der Waals surface area contributed by atoms with Gasteiger partial charge in [-0.25, -0.2) is 0 Å². The van der Waals surface area contributed by atoms with Gasteiger partial charge >= 0.3 is 49.1 Å². The van der Waals surface area contributed by atoms with Crippen molar-refractivity contribution in [3.8, 4) is 0 Å². The molecule has 7 heteroatoms. The van der Waals surface area contributed by atoms with E-state index in [2.05, 4.69) is 3.53 Å². The van der Waals surface area contributed by atoms with Crippen molar-refractivity contribution in [1.82, 2.24) is 6.15 Å². The van der Waals surface area contributed by atoms with Gasteiger partial charge < -0.3 is 6.15 Å². The fourth-order valence-corrected chi connectivity index (χ4v) is 0.433. The first-order valence-corrected chi connectivity index (χ1v) is 3.19. The summed E-state index contributed by atoms with van der Waals surface area (Å²) in [6, 6.07) is 0. The minimum atomic E-state index is -1.77. The second-order valence-electron chi connectivity index (χ2n) is 0.779. The molecule has 0 aromatic carbocycles. The monoisotopic (exact) mass is 335 g/mol. The Labute approximate surface area is 94.1 Å². The van der Waals surface area contributed by atoms with Crippen molar-refractivity contribution in [1.29, 1.82) is 0 Å². The van der Waals surface area contributed by atoms with E-state index >= 15 is 0 Å². The van der Waals surface area contributed by atoms with Crippen LogP contribution in [0.15, 0.2) is 0 Å². The van der Waals surface area contributed by atoms with E-state index in [1.54, 1.807) is 0 Å². The van der Waals surface area contributed by atoms with E-state index < -0.39 is 11.9 Å². The van der Waals surface area contributed by atoms with E-state index in [-0.39, 0.29) is 65.1 Å². The molecule has 0 aliphatic carbocycles. The van der Waals surface area contributed by atoms with Gasteiger partial charge in [-0.2, -0.15) is 0 Å². The van der Waals surface area contributed by atoms with Crippen molar-refractivity contribution in [2.45, 2.75) is 0 Å². The van der Waals surface area contributed by atoms with Crippen LogP contribution in [0.1, 0.15) is 0 Å². The Hall–Kier alpha value is 0.861. The smallest absolute Gasteiger partial charge is 0 e. The van der Waals surface area contributed by atoms with Crippen molar-refractivity contribution in [2.75, 3.05) is 0 Å². The van der Waals surface area contributed by atoms with Crippen molar-refractivity contribution in [2.24, 2.45) is 0 Å². The summed E-state index contributed by atoms with van der Waals surface area (Å²) in [5.74, 6) is -3.03. The molecule has 0 rings (SSSR count). The van der Waals surface area contributed by atoms with Gasteiger partial charge in [0, 0.05) is 39.9 Å². The second kappa shape index (κ2) is 8.86. The van der Waals surface area contributed by atoms with Gasteiger partial charge in [0.1, 0.15) is 0 Å². The molecule has 0 saturated carbocycles. The van der Waals surface area contributed by atoms with Crippen LogP contribution in [0.3, 0.4) is 0 Å². The van der Waals surface area contributed by atoms with Gasteiger partial charge in [-0.05, 0) is 0 Å². The Kier molecular flexibility index (Phi) is 16.2. The number of carbonyl (C=O) groups excluding carboxylic acids is 2. The molecule has 0 heterocycles. The molecule has 9 heavy (non-hydrogen) atoms. The first-order chi connectivity index (χ1) is 3.18. The number of carbonyl (C=O) groups is 2. The third-order valence-electron chi connectivity index (χ3n) is 0.352. The van der Waals surface area contributed by atoms with E-state index in [4.69, 9.17) is 0 Å². The summed E-state index contributed by atoms with van der Waals surface area (Å²) in [7, 11) is 0. The maximum atomic E-state index is 9.67. The number of carboxylic acids is 1. The normalized spacial score (nSPS) is 5.78. The van der Waals surface area contributed by atoms with E-state index in [0.717, 1.165) is 0 Å². The topological polar surface area (TPSA) is 103 Å². The largest absolute Gasteiger partial charge is 0.369 e. The Balaban J connectivity index is -0.000000180. The first kappa shape index (κ1) is 16.4. The predicted octanol–water partition coefficient (Wildman–Crippen LogP) is -2.80. The maximum Gasteiger partial charge on any atom is 0 e. The summed E-state index contributed by atoms with van der Waals surface area (Å²) in [6.45, 7) is 0. The molecule has 0 fully saturated rings. The van der Waals surface area contributed by atoms with Crippen LogP contribution in [0.25, 0.3) is 0 Å². The Morgan fingerprint density at radius 3 is 1.78 bits per heavy atom. The summed E-state index contributed by atoms with van der Waals surface area (Å²) in [6.07, 6.45) is 0. The molecule has 0 aliphatic heterocycles. The minimum Gasteiger partial charge on any atom is -0.369 e. The van der Waals surface area contributed by atoms with Crippen LogP contribution in [-0.4, -0.2) is 30.9 Å². The van der Waals surface area contributed by atoms with Crippen molar-refractivity contribution >= 4 is 30.9 Å². The van der Waals surface area contributed by atoms with Crippen LogP contribution < -0.4 is 11.3 Å². The zero-order valence-corrected chi connectivity index (χ0v) is 11.5. The molecule has 5 nitrogen and oxygen atoms in total. The Bertz CT molecular complexity index is 107. The maximum absolute atomic E-state index is 9.67. The molecule has 0 aromatic rings. The average molecular weight is 335 g/mol. The molecule has 0 aromatic heterocycles. The molecule has 0 unspecified atom stereocenters. The number of aliphatic carboxylic acids is 1. The van der Waals surface area contributed by atoms with Crippen molar-refractivity contribution in [3.63, 3.8) is 0 Å². The average Bonchev–Trinajstić information content (AvgIpc) is 1.65. The molecule has 54 valence electrons. The summed E-state index contributed by atoms with van der Waals surface area (Å²) in [5.41, 5.74) is 0. The van der Waals surface area contributed by atoms with Crippen LogP contribution in [0.4, 0.5) is 0 Å². The van der Waals surface area contributed by atoms with Crippen LogP contribution in [-0.2, 0) is 13.1 Å². The zero-order chi connectivity index (χ0) is 5.86. The summed E-state index contributed by atoms with van der Waals surface area (Å²) in [4.78, 5) is 19.0. The fraction of sp³-hybridized carbons (Fsp3) is 0. The quantitative estimate of drug-likeness (QED) is 0.382. The van der Waals surface area contributed by atoms with Crippen LogP contribution in [0.2, 0.25) is 0 Å². The van der Waals surface area contributed by atoms with E-state index in [0.29, 0.717) is 0 Å². The van der Waals surface area contributed by atoms with Crippen LogP contribution >= 0.6 is 0 Å². The van der Waals surface area contributed by atoms with E-state index in [9.17, 15) is 14.7 Å². The molecule has 0 amide bonds. The van der Waals surface area contributed by atoms with Gasteiger partial charge in [-0.3, -0.25) is 0 Å². The van der Waals surface area contributed by atoms with Gasteiger partial charge in [0.15, 0.2) is 0 Å². The summed E-state index contributed by atoms with van der Waals surface area (Å²) < 4.78 is 3.90. The number of carboxylic acid groups (broad SMARTS) is 1. The van der Waals surface area contributed by atoms with Gasteiger partial charge in [0.2, 0.25) is 0 Å². The standard InChI is InChI=1S/C2H2O4.Ga.Gd.H3N.2H/c3-1(4)2(5)6;;;;;/h(H,3,4)(H,5,6);;;1H3;;/q;+1;;;;/p-1. The van der Waals surface area contributed by atoms with Gasteiger partial charge in [0.25, 0.3) is 0 Å². The fourth-order valence-electron chi connectivity index (χ4n) is 0.0833. The molecule has 0 aliphatic rings. The van der Waals surface area contributed by atoms with E-state index in [1.807, 2.05) is 0 Å². The Morgan fingerprint density at radius 2 is 1.78 bits per heavy atom. The molecular formula is C2H6GaGdNO4. The minimum absolute atomic E-state index is 0. The third-order valence-corrected chi connectivity index (χ3v) is 1.13. The molecular weight excluding hydrogens is 329 g/mol. The molecule has 0 radical (unpaired) electrons. The number of hydrogen-bond donors (Lipinski definition) is 1.